The molecule has 0 saturated carbocycles. The molecule has 0 saturated heterocycles. The number of fused-ring (bicyclic) bond motifs is 3. The SMILES string of the molecule is Clc1ccc2c(n1)nn1ccc(Cl)nc21. The van der Waals surface area contributed by atoms with Crippen molar-refractivity contribution in [3.63, 3.8) is 0 Å². The van der Waals surface area contributed by atoms with Gasteiger partial charge < -0.3 is 0 Å². The van der Waals surface area contributed by atoms with Crippen LogP contribution < -0.4 is 0 Å². The van der Waals surface area contributed by atoms with E-state index < -0.39 is 0 Å². The fraction of sp³-hybridized carbons (Fsp3) is 0. The summed E-state index contributed by atoms with van der Waals surface area (Å²) in [4.78, 5) is 8.27. The van der Waals surface area contributed by atoms with Crippen molar-refractivity contribution in [1.82, 2.24) is 19.6 Å². The minimum Gasteiger partial charge on any atom is -0.220 e. The zero-order valence-corrected chi connectivity index (χ0v) is 8.87. The summed E-state index contributed by atoms with van der Waals surface area (Å²) in [6.07, 6.45) is 1.74. The third-order valence-electron chi connectivity index (χ3n) is 2.07. The second kappa shape index (κ2) is 3.05. The van der Waals surface area contributed by atoms with Crippen LogP contribution in [0, 0.1) is 0 Å². The molecule has 0 spiro atoms. The first kappa shape index (κ1) is 8.88. The average molecular weight is 239 g/mol. The third-order valence-corrected chi connectivity index (χ3v) is 2.49. The molecule has 3 aromatic heterocycles. The van der Waals surface area contributed by atoms with Crippen LogP contribution in [0.2, 0.25) is 10.3 Å². The Balaban J connectivity index is 2.53. The van der Waals surface area contributed by atoms with E-state index in [2.05, 4.69) is 15.1 Å². The van der Waals surface area contributed by atoms with Crippen LogP contribution >= 0.6 is 23.2 Å². The Bertz CT molecular complexity index is 662. The van der Waals surface area contributed by atoms with Crippen molar-refractivity contribution >= 4 is 39.9 Å². The summed E-state index contributed by atoms with van der Waals surface area (Å²) in [6, 6.07) is 5.20. The van der Waals surface area contributed by atoms with Gasteiger partial charge in [0.2, 0.25) is 0 Å². The summed E-state index contributed by atoms with van der Waals surface area (Å²) in [5.41, 5.74) is 1.25. The molecular weight excluding hydrogens is 235 g/mol. The fourth-order valence-corrected chi connectivity index (χ4v) is 1.71. The molecule has 0 fully saturated rings. The number of pyridine rings is 1. The van der Waals surface area contributed by atoms with Crippen LogP contribution in [0.4, 0.5) is 0 Å². The monoisotopic (exact) mass is 238 g/mol. The molecule has 0 atom stereocenters. The Labute approximate surface area is 94.5 Å². The number of hydrogen-bond donors (Lipinski definition) is 0. The molecule has 3 aromatic rings. The second-order valence-electron chi connectivity index (χ2n) is 3.02. The number of aromatic nitrogens is 4. The van der Waals surface area contributed by atoms with Crippen LogP contribution in [0.1, 0.15) is 0 Å². The molecule has 0 N–H and O–H groups in total. The van der Waals surface area contributed by atoms with E-state index in [1.54, 1.807) is 22.8 Å². The van der Waals surface area contributed by atoms with E-state index in [1.165, 1.54) is 0 Å². The number of nitrogens with zero attached hydrogens (tertiary/aromatic N) is 4. The topological polar surface area (TPSA) is 43.1 Å². The number of halogens is 2. The van der Waals surface area contributed by atoms with Crippen LogP contribution in [0.25, 0.3) is 16.7 Å². The quantitative estimate of drug-likeness (QED) is 0.447. The largest absolute Gasteiger partial charge is 0.220 e. The van der Waals surface area contributed by atoms with Crippen molar-refractivity contribution in [2.45, 2.75) is 0 Å². The van der Waals surface area contributed by atoms with Gasteiger partial charge >= 0.3 is 0 Å². The van der Waals surface area contributed by atoms with Gasteiger partial charge in [0, 0.05) is 6.20 Å². The van der Waals surface area contributed by atoms with Gasteiger partial charge in [-0.15, -0.1) is 5.10 Å². The van der Waals surface area contributed by atoms with Crippen molar-refractivity contribution in [2.75, 3.05) is 0 Å². The first-order valence-electron chi connectivity index (χ1n) is 4.21. The summed E-state index contributed by atoms with van der Waals surface area (Å²) in [5.74, 6) is 0. The summed E-state index contributed by atoms with van der Waals surface area (Å²) in [7, 11) is 0. The fourth-order valence-electron chi connectivity index (χ4n) is 1.43. The molecule has 0 unspecified atom stereocenters. The van der Waals surface area contributed by atoms with Gasteiger partial charge in [-0.25, -0.2) is 14.5 Å². The first-order chi connectivity index (χ1) is 7.24. The molecule has 74 valence electrons. The van der Waals surface area contributed by atoms with Crippen LogP contribution in [-0.2, 0) is 0 Å². The summed E-state index contributed by atoms with van der Waals surface area (Å²) >= 11 is 11.6. The Morgan fingerprint density at radius 1 is 1.00 bits per heavy atom. The molecule has 0 amide bonds. The van der Waals surface area contributed by atoms with Crippen LogP contribution in [0.5, 0.6) is 0 Å². The van der Waals surface area contributed by atoms with Gasteiger partial charge in [0.15, 0.2) is 11.3 Å². The average Bonchev–Trinajstić information content (AvgIpc) is 2.54. The molecular formula is C9H4Cl2N4. The van der Waals surface area contributed by atoms with Crippen LogP contribution in [-0.4, -0.2) is 19.6 Å². The highest BCUT2D eigenvalue weighted by atomic mass is 35.5. The van der Waals surface area contributed by atoms with E-state index in [0.29, 0.717) is 21.6 Å². The van der Waals surface area contributed by atoms with E-state index in [9.17, 15) is 0 Å². The molecule has 0 aromatic carbocycles. The van der Waals surface area contributed by atoms with E-state index in [0.717, 1.165) is 5.39 Å². The van der Waals surface area contributed by atoms with Crippen LogP contribution in [0.15, 0.2) is 24.4 Å². The second-order valence-corrected chi connectivity index (χ2v) is 3.80. The lowest BCUT2D eigenvalue weighted by Gasteiger charge is -1.91. The predicted molar refractivity (Wildman–Crippen MR) is 58.3 cm³/mol. The Hall–Kier alpha value is -1.39. The molecule has 6 heteroatoms. The highest BCUT2D eigenvalue weighted by Crippen LogP contribution is 2.19. The lowest BCUT2D eigenvalue weighted by molar-refractivity contribution is 0.948. The zero-order valence-electron chi connectivity index (χ0n) is 7.35. The number of hydrogen-bond acceptors (Lipinski definition) is 3. The predicted octanol–water partition coefficient (Wildman–Crippen LogP) is 2.58. The molecule has 0 radical (unpaired) electrons. The smallest absolute Gasteiger partial charge is 0.185 e. The summed E-state index contributed by atoms with van der Waals surface area (Å²) in [6.45, 7) is 0. The van der Waals surface area contributed by atoms with Gasteiger partial charge in [0.25, 0.3) is 0 Å². The molecule has 3 rings (SSSR count). The van der Waals surface area contributed by atoms with Crippen molar-refractivity contribution in [3.8, 4) is 0 Å². The van der Waals surface area contributed by atoms with E-state index in [1.807, 2.05) is 6.07 Å². The van der Waals surface area contributed by atoms with Gasteiger partial charge in [-0.1, -0.05) is 23.2 Å². The molecule has 3 heterocycles. The summed E-state index contributed by atoms with van der Waals surface area (Å²) in [5, 5.41) is 5.90. The van der Waals surface area contributed by atoms with E-state index in [-0.39, 0.29) is 0 Å². The van der Waals surface area contributed by atoms with E-state index in [4.69, 9.17) is 23.2 Å². The summed E-state index contributed by atoms with van der Waals surface area (Å²) < 4.78 is 1.62. The molecule has 4 nitrogen and oxygen atoms in total. The standard InChI is InChI=1S/C9H4Cl2N4/c10-6-2-1-5-8(12-6)14-15-4-3-7(11)13-9(5)15/h1-4H. The van der Waals surface area contributed by atoms with Gasteiger partial charge in [-0.05, 0) is 18.2 Å². The lowest BCUT2D eigenvalue weighted by atomic mass is 10.3. The van der Waals surface area contributed by atoms with Gasteiger partial charge in [-0.2, -0.15) is 0 Å². The third kappa shape index (κ3) is 1.33. The minimum atomic E-state index is 0.414. The normalized spacial score (nSPS) is 11.3. The highest BCUT2D eigenvalue weighted by molar-refractivity contribution is 6.30. The van der Waals surface area contributed by atoms with Crippen molar-refractivity contribution in [1.29, 1.82) is 0 Å². The Morgan fingerprint density at radius 3 is 2.67 bits per heavy atom. The lowest BCUT2D eigenvalue weighted by Crippen LogP contribution is -1.88. The Kier molecular flexibility index (Phi) is 1.81. The molecule has 0 aliphatic rings. The maximum Gasteiger partial charge on any atom is 0.185 e. The van der Waals surface area contributed by atoms with Gasteiger partial charge in [-0.3, -0.25) is 0 Å². The van der Waals surface area contributed by atoms with Gasteiger partial charge in [0.1, 0.15) is 10.3 Å². The molecule has 15 heavy (non-hydrogen) atoms. The van der Waals surface area contributed by atoms with Crippen molar-refractivity contribution < 1.29 is 0 Å². The van der Waals surface area contributed by atoms with E-state index >= 15 is 0 Å². The Morgan fingerprint density at radius 2 is 1.80 bits per heavy atom. The zero-order chi connectivity index (χ0) is 10.4. The highest BCUT2D eigenvalue weighted by Gasteiger charge is 2.07. The van der Waals surface area contributed by atoms with Crippen molar-refractivity contribution in [3.05, 3.63) is 34.7 Å². The maximum absolute atomic E-state index is 5.81. The van der Waals surface area contributed by atoms with Crippen LogP contribution in [0.3, 0.4) is 0 Å². The maximum atomic E-state index is 5.81. The number of rotatable bonds is 0. The molecule has 0 aliphatic heterocycles. The minimum absolute atomic E-state index is 0.414. The molecule has 0 bridgehead atoms. The first-order valence-corrected chi connectivity index (χ1v) is 4.97. The molecule has 0 aliphatic carbocycles. The van der Waals surface area contributed by atoms with Gasteiger partial charge in [0.05, 0.1) is 5.39 Å². The van der Waals surface area contributed by atoms with Crippen molar-refractivity contribution in [2.24, 2.45) is 0 Å².